The van der Waals surface area contributed by atoms with Crippen LogP contribution in [0, 0.1) is 0 Å². The van der Waals surface area contributed by atoms with E-state index >= 15 is 0 Å². The van der Waals surface area contributed by atoms with Crippen molar-refractivity contribution in [2.24, 2.45) is 0 Å². The van der Waals surface area contributed by atoms with Gasteiger partial charge in [0.05, 0.1) is 18.4 Å². The van der Waals surface area contributed by atoms with Gasteiger partial charge in [-0.25, -0.2) is 4.79 Å². The van der Waals surface area contributed by atoms with Crippen molar-refractivity contribution in [1.29, 1.82) is 0 Å². The number of anilines is 1. The first-order chi connectivity index (χ1) is 14.5. The zero-order valence-electron chi connectivity index (χ0n) is 16.7. The highest BCUT2D eigenvalue weighted by molar-refractivity contribution is 6.15. The molecule has 0 spiro atoms. The van der Waals surface area contributed by atoms with Gasteiger partial charge in [-0.05, 0) is 29.8 Å². The van der Waals surface area contributed by atoms with Crippen molar-refractivity contribution in [2.75, 3.05) is 18.6 Å². The van der Waals surface area contributed by atoms with Crippen LogP contribution in [0.2, 0.25) is 0 Å². The number of rotatable bonds is 6. The van der Waals surface area contributed by atoms with Gasteiger partial charge < -0.3 is 14.4 Å². The molecular formula is C23H22N2O5. The minimum absolute atomic E-state index is 0.00240. The molecule has 0 aliphatic carbocycles. The molecule has 1 atom stereocenters. The van der Waals surface area contributed by atoms with Crippen molar-refractivity contribution >= 4 is 23.5 Å². The molecule has 2 amide bonds. The number of methoxy groups -OCH3 is 1. The second-order valence-electron chi connectivity index (χ2n) is 7.20. The highest BCUT2D eigenvalue weighted by Gasteiger charge is 2.61. The lowest BCUT2D eigenvalue weighted by Gasteiger charge is -2.48. The van der Waals surface area contributed by atoms with Gasteiger partial charge in [0.15, 0.2) is 0 Å². The molecule has 2 aliphatic heterocycles. The fraction of sp³-hybridized carbons (Fsp3) is 0.261. The molecule has 0 saturated carbocycles. The van der Waals surface area contributed by atoms with Crippen LogP contribution < -0.4 is 9.64 Å². The largest absolute Gasteiger partial charge is 0.497 e. The van der Waals surface area contributed by atoms with E-state index in [0.717, 1.165) is 5.56 Å². The van der Waals surface area contributed by atoms with Crippen LogP contribution in [0.5, 0.6) is 5.75 Å². The van der Waals surface area contributed by atoms with E-state index in [4.69, 9.17) is 9.47 Å². The number of benzene rings is 2. The van der Waals surface area contributed by atoms with Gasteiger partial charge in [0.25, 0.3) is 5.91 Å². The number of amides is 2. The van der Waals surface area contributed by atoms with Gasteiger partial charge in [-0.15, -0.1) is 6.58 Å². The van der Waals surface area contributed by atoms with Crippen LogP contribution in [-0.2, 0) is 20.9 Å². The van der Waals surface area contributed by atoms with Crippen LogP contribution in [0.3, 0.4) is 0 Å². The zero-order chi connectivity index (χ0) is 21.3. The van der Waals surface area contributed by atoms with Crippen LogP contribution in [-0.4, -0.2) is 42.0 Å². The van der Waals surface area contributed by atoms with Crippen molar-refractivity contribution in [3.05, 3.63) is 72.3 Å². The molecule has 0 aromatic heterocycles. The summed E-state index contributed by atoms with van der Waals surface area (Å²) in [5, 5.41) is 0. The maximum Gasteiger partial charge on any atom is 0.354 e. The third kappa shape index (κ3) is 2.94. The zero-order valence-corrected chi connectivity index (χ0v) is 16.7. The van der Waals surface area contributed by atoms with Crippen LogP contribution >= 0.6 is 0 Å². The molecule has 1 saturated heterocycles. The fourth-order valence-electron chi connectivity index (χ4n) is 4.16. The maximum absolute atomic E-state index is 13.4. The smallest absolute Gasteiger partial charge is 0.354 e. The SMILES string of the molecule is C=CCN1C(=O)c2ccccc2N2C(=O)CCC12C(=O)OCc1cccc(OC)c1. The summed E-state index contributed by atoms with van der Waals surface area (Å²) in [5.41, 5.74) is 0.0394. The Kier molecular flexibility index (Phi) is 5.03. The van der Waals surface area contributed by atoms with Crippen molar-refractivity contribution in [3.63, 3.8) is 0 Å². The van der Waals surface area contributed by atoms with E-state index in [1.165, 1.54) is 9.80 Å². The van der Waals surface area contributed by atoms with Gasteiger partial charge in [0, 0.05) is 19.4 Å². The standard InChI is InChI=1S/C23H22N2O5/c1-3-13-24-21(27)18-9-4-5-10-19(18)25-20(26)11-12-23(24,25)22(28)30-15-16-7-6-8-17(14-16)29-2/h3-10,14H,1,11-13,15H2,2H3. The highest BCUT2D eigenvalue weighted by atomic mass is 16.5. The molecule has 4 rings (SSSR count). The normalized spacial score (nSPS) is 19.9. The van der Waals surface area contributed by atoms with Crippen LogP contribution in [0.1, 0.15) is 28.8 Å². The first-order valence-corrected chi connectivity index (χ1v) is 9.68. The minimum atomic E-state index is -1.52. The summed E-state index contributed by atoms with van der Waals surface area (Å²) in [6.45, 7) is 3.83. The Balaban J connectivity index is 1.72. The monoisotopic (exact) mass is 406 g/mol. The Labute approximate surface area is 174 Å². The van der Waals surface area contributed by atoms with E-state index in [0.29, 0.717) is 17.0 Å². The number of carbonyl (C=O) groups excluding carboxylic acids is 3. The molecule has 2 heterocycles. The van der Waals surface area contributed by atoms with Gasteiger partial charge in [0.2, 0.25) is 11.6 Å². The number of para-hydroxylation sites is 1. The highest BCUT2D eigenvalue weighted by Crippen LogP contribution is 2.45. The fourth-order valence-corrected chi connectivity index (χ4v) is 4.16. The van der Waals surface area contributed by atoms with Crippen LogP contribution in [0.15, 0.2) is 61.2 Å². The quantitative estimate of drug-likeness (QED) is 0.545. The molecule has 0 bridgehead atoms. The maximum atomic E-state index is 13.4. The predicted molar refractivity (Wildman–Crippen MR) is 110 cm³/mol. The molecule has 0 N–H and O–H groups in total. The second-order valence-corrected chi connectivity index (χ2v) is 7.20. The average molecular weight is 406 g/mol. The van der Waals surface area contributed by atoms with Gasteiger partial charge >= 0.3 is 5.97 Å². The summed E-state index contributed by atoms with van der Waals surface area (Å²) in [6, 6.07) is 14.0. The van der Waals surface area contributed by atoms with Crippen molar-refractivity contribution in [2.45, 2.75) is 25.1 Å². The Bertz CT molecular complexity index is 1030. The topological polar surface area (TPSA) is 76.2 Å². The van der Waals surface area contributed by atoms with Gasteiger partial charge in [-0.1, -0.05) is 30.3 Å². The average Bonchev–Trinajstić information content (AvgIpc) is 3.13. The molecule has 2 aromatic carbocycles. The van der Waals surface area contributed by atoms with Crippen LogP contribution in [0.25, 0.3) is 0 Å². The lowest BCUT2D eigenvalue weighted by molar-refractivity contribution is -0.158. The Morgan fingerprint density at radius 3 is 2.77 bits per heavy atom. The Morgan fingerprint density at radius 1 is 1.20 bits per heavy atom. The van der Waals surface area contributed by atoms with E-state index < -0.39 is 11.6 Å². The van der Waals surface area contributed by atoms with Crippen molar-refractivity contribution < 1.29 is 23.9 Å². The molecular weight excluding hydrogens is 384 g/mol. The first-order valence-electron chi connectivity index (χ1n) is 9.68. The Morgan fingerprint density at radius 2 is 2.00 bits per heavy atom. The van der Waals surface area contributed by atoms with Crippen molar-refractivity contribution in [1.82, 2.24) is 4.90 Å². The summed E-state index contributed by atoms with van der Waals surface area (Å²) in [4.78, 5) is 42.3. The number of ether oxygens (including phenoxy) is 2. The summed E-state index contributed by atoms with van der Waals surface area (Å²) in [7, 11) is 1.56. The number of nitrogens with zero attached hydrogens (tertiary/aromatic N) is 2. The van der Waals surface area contributed by atoms with Crippen LogP contribution in [0.4, 0.5) is 5.69 Å². The van der Waals surface area contributed by atoms with Gasteiger partial charge in [0.1, 0.15) is 12.4 Å². The van der Waals surface area contributed by atoms with E-state index in [1.807, 2.05) is 6.07 Å². The first kappa shape index (κ1) is 19.7. The van der Waals surface area contributed by atoms with E-state index in [1.54, 1.807) is 55.7 Å². The molecule has 30 heavy (non-hydrogen) atoms. The molecule has 1 fully saturated rings. The van der Waals surface area contributed by atoms with Gasteiger partial charge in [-0.3, -0.25) is 14.5 Å². The number of hydrogen-bond acceptors (Lipinski definition) is 5. The molecule has 2 aliphatic rings. The second kappa shape index (κ2) is 7.67. The summed E-state index contributed by atoms with van der Waals surface area (Å²) in [6.07, 6.45) is 1.85. The lowest BCUT2D eigenvalue weighted by Crippen LogP contribution is -2.68. The molecule has 7 nitrogen and oxygen atoms in total. The molecule has 7 heteroatoms. The minimum Gasteiger partial charge on any atom is -0.497 e. The lowest BCUT2D eigenvalue weighted by atomic mass is 9.96. The summed E-state index contributed by atoms with van der Waals surface area (Å²) >= 11 is 0. The molecule has 1 unspecified atom stereocenters. The number of esters is 1. The predicted octanol–water partition coefficient (Wildman–Crippen LogP) is 2.90. The van der Waals surface area contributed by atoms with E-state index in [2.05, 4.69) is 6.58 Å². The third-order valence-corrected chi connectivity index (χ3v) is 5.52. The van der Waals surface area contributed by atoms with E-state index in [9.17, 15) is 14.4 Å². The van der Waals surface area contributed by atoms with Gasteiger partial charge in [-0.2, -0.15) is 0 Å². The molecule has 154 valence electrons. The Hall–Kier alpha value is -3.61. The summed E-state index contributed by atoms with van der Waals surface area (Å²) < 4.78 is 10.8. The molecule has 0 radical (unpaired) electrons. The third-order valence-electron chi connectivity index (χ3n) is 5.52. The number of fused-ring (bicyclic) bond motifs is 3. The summed E-state index contributed by atoms with van der Waals surface area (Å²) in [5.74, 6) is -0.535. The van der Waals surface area contributed by atoms with E-state index in [-0.39, 0.29) is 37.8 Å². The number of hydrogen-bond donors (Lipinski definition) is 0. The van der Waals surface area contributed by atoms with Crippen molar-refractivity contribution in [3.8, 4) is 5.75 Å². The molecule has 2 aromatic rings. The number of carbonyl (C=O) groups is 3.